The van der Waals surface area contributed by atoms with Crippen molar-refractivity contribution in [3.8, 4) is 0 Å². The van der Waals surface area contributed by atoms with E-state index in [4.69, 9.17) is 11.6 Å². The van der Waals surface area contributed by atoms with Crippen molar-refractivity contribution in [1.82, 2.24) is 15.5 Å². The Kier molecular flexibility index (Phi) is 6.80. The van der Waals surface area contributed by atoms with E-state index >= 15 is 0 Å². The normalized spacial score (nSPS) is 16.2. The minimum Gasteiger partial charge on any atom is -0.357 e. The number of likely N-dealkylation sites (N-methyl/N-ethyl adjacent to an activating group) is 1. The average molecular weight is 420 g/mol. The molecule has 3 rings (SSSR count). The van der Waals surface area contributed by atoms with Gasteiger partial charge < -0.3 is 15.5 Å². The lowest BCUT2D eigenvalue weighted by Crippen LogP contribution is -2.48. The van der Waals surface area contributed by atoms with Crippen LogP contribution in [-0.4, -0.2) is 54.6 Å². The van der Waals surface area contributed by atoms with E-state index < -0.39 is 6.04 Å². The number of carbonyl (C=O) groups excluding carboxylic acids is 3. The first kappa shape index (κ1) is 20.5. The highest BCUT2D eigenvalue weighted by Crippen LogP contribution is 2.33. The third kappa shape index (κ3) is 4.59. The Labute approximate surface area is 173 Å². The number of benzene rings is 2. The smallest absolute Gasteiger partial charge is 0.242 e. The summed E-state index contributed by atoms with van der Waals surface area (Å²) in [4.78, 5) is 38.9. The summed E-state index contributed by atoms with van der Waals surface area (Å²) in [6.45, 7) is 0.430. The first-order chi connectivity index (χ1) is 13.5. The number of hydrogen-bond donors (Lipinski definition) is 2. The summed E-state index contributed by atoms with van der Waals surface area (Å²) in [6.07, 6.45) is 1.44. The molecule has 1 fully saturated rings. The molecule has 3 amide bonds. The molecule has 148 valence electrons. The van der Waals surface area contributed by atoms with Crippen LogP contribution in [0.15, 0.2) is 41.3 Å². The molecule has 1 unspecified atom stereocenters. The summed E-state index contributed by atoms with van der Waals surface area (Å²) in [5, 5.41) is 7.82. The van der Waals surface area contributed by atoms with E-state index in [0.717, 1.165) is 22.1 Å². The van der Waals surface area contributed by atoms with E-state index in [-0.39, 0.29) is 30.0 Å². The molecule has 1 aliphatic heterocycles. The zero-order chi connectivity index (χ0) is 20.1. The van der Waals surface area contributed by atoms with E-state index in [0.29, 0.717) is 18.0 Å². The van der Waals surface area contributed by atoms with Crippen molar-refractivity contribution in [2.24, 2.45) is 0 Å². The summed E-state index contributed by atoms with van der Waals surface area (Å²) in [7, 11) is 1.56. The van der Waals surface area contributed by atoms with Crippen molar-refractivity contribution in [2.75, 3.05) is 25.9 Å². The minimum atomic E-state index is -0.443. The average Bonchev–Trinajstić information content (AvgIpc) is 3.20. The maximum absolute atomic E-state index is 12.4. The highest BCUT2D eigenvalue weighted by molar-refractivity contribution is 8.00. The first-order valence-electron chi connectivity index (χ1n) is 9.09. The van der Waals surface area contributed by atoms with Crippen molar-refractivity contribution in [2.45, 2.75) is 23.8 Å². The first-order valence-corrected chi connectivity index (χ1v) is 10.5. The number of fused-ring (bicyclic) bond motifs is 1. The molecule has 28 heavy (non-hydrogen) atoms. The molecule has 6 nitrogen and oxygen atoms in total. The number of carbonyl (C=O) groups is 3. The van der Waals surface area contributed by atoms with Crippen LogP contribution in [0.4, 0.5) is 0 Å². The lowest BCUT2D eigenvalue weighted by molar-refractivity contribution is -0.138. The van der Waals surface area contributed by atoms with Crippen LogP contribution in [0.25, 0.3) is 10.8 Å². The Morgan fingerprint density at radius 3 is 2.71 bits per heavy atom. The molecule has 1 heterocycles. The van der Waals surface area contributed by atoms with Gasteiger partial charge in [0.2, 0.25) is 17.7 Å². The number of hydrogen-bond acceptors (Lipinski definition) is 4. The summed E-state index contributed by atoms with van der Waals surface area (Å²) < 4.78 is 0. The predicted molar refractivity (Wildman–Crippen MR) is 111 cm³/mol. The van der Waals surface area contributed by atoms with Crippen LogP contribution in [0.3, 0.4) is 0 Å². The molecule has 1 saturated heterocycles. The Morgan fingerprint density at radius 2 is 1.96 bits per heavy atom. The largest absolute Gasteiger partial charge is 0.357 e. The highest BCUT2D eigenvalue weighted by atomic mass is 35.5. The molecule has 1 aliphatic rings. The Bertz CT molecular complexity index is 900. The zero-order valence-electron chi connectivity index (χ0n) is 15.5. The summed E-state index contributed by atoms with van der Waals surface area (Å²) >= 11 is 7.69. The van der Waals surface area contributed by atoms with Gasteiger partial charge in [-0.25, -0.2) is 0 Å². The molecule has 0 aliphatic carbocycles. The molecule has 2 aromatic carbocycles. The monoisotopic (exact) mass is 419 g/mol. The van der Waals surface area contributed by atoms with Gasteiger partial charge in [-0.05, 0) is 30.4 Å². The Balaban J connectivity index is 1.54. The molecule has 0 saturated carbocycles. The standard InChI is InChI=1S/C20H22ClN3O3S/c1-22-20(27)15-8-4-10-24(15)18(26)11-23-17(25)12-28-16-9-3-6-13-5-2-7-14(21)19(13)16/h2-3,5-7,9,15H,4,8,10-12H2,1H3,(H,22,27)(H,23,25). The molecule has 0 aromatic heterocycles. The molecular weight excluding hydrogens is 398 g/mol. The van der Waals surface area contributed by atoms with Gasteiger partial charge in [0.25, 0.3) is 0 Å². The van der Waals surface area contributed by atoms with Crippen molar-refractivity contribution < 1.29 is 14.4 Å². The van der Waals surface area contributed by atoms with Crippen molar-refractivity contribution in [3.63, 3.8) is 0 Å². The third-order valence-corrected chi connectivity index (χ3v) is 6.11. The van der Waals surface area contributed by atoms with Gasteiger partial charge in [0.15, 0.2) is 0 Å². The van der Waals surface area contributed by atoms with Crippen LogP contribution >= 0.6 is 23.4 Å². The molecule has 1 atom stereocenters. The van der Waals surface area contributed by atoms with Crippen LogP contribution in [-0.2, 0) is 14.4 Å². The second-order valence-electron chi connectivity index (χ2n) is 6.52. The molecule has 0 spiro atoms. The lowest BCUT2D eigenvalue weighted by atomic mass is 10.1. The SMILES string of the molecule is CNC(=O)C1CCCN1C(=O)CNC(=O)CSc1cccc2cccc(Cl)c12. The van der Waals surface area contributed by atoms with Crippen LogP contribution in [0.2, 0.25) is 5.02 Å². The van der Waals surface area contributed by atoms with Gasteiger partial charge in [-0.3, -0.25) is 14.4 Å². The lowest BCUT2D eigenvalue weighted by Gasteiger charge is -2.23. The van der Waals surface area contributed by atoms with Crippen LogP contribution in [0.5, 0.6) is 0 Å². The number of amides is 3. The molecular formula is C20H22ClN3O3S. The minimum absolute atomic E-state index is 0.108. The summed E-state index contributed by atoms with van der Waals surface area (Å²) in [6, 6.07) is 11.1. The van der Waals surface area contributed by atoms with Gasteiger partial charge in [-0.2, -0.15) is 0 Å². The number of nitrogens with one attached hydrogen (secondary N) is 2. The van der Waals surface area contributed by atoms with Crippen molar-refractivity contribution in [3.05, 3.63) is 41.4 Å². The van der Waals surface area contributed by atoms with Gasteiger partial charge in [0.05, 0.1) is 12.3 Å². The molecule has 8 heteroatoms. The van der Waals surface area contributed by atoms with E-state index in [1.165, 1.54) is 16.7 Å². The second kappa shape index (κ2) is 9.30. The molecule has 0 bridgehead atoms. The molecule has 0 radical (unpaired) electrons. The van der Waals surface area contributed by atoms with Gasteiger partial charge >= 0.3 is 0 Å². The molecule has 2 aromatic rings. The van der Waals surface area contributed by atoms with E-state index in [1.54, 1.807) is 7.05 Å². The van der Waals surface area contributed by atoms with Gasteiger partial charge in [0, 0.05) is 28.9 Å². The topological polar surface area (TPSA) is 78.5 Å². The van der Waals surface area contributed by atoms with Crippen molar-refractivity contribution >= 4 is 51.9 Å². The Hall–Kier alpha value is -2.25. The number of nitrogens with zero attached hydrogens (tertiary/aromatic N) is 1. The second-order valence-corrected chi connectivity index (χ2v) is 7.94. The Morgan fingerprint density at radius 1 is 1.21 bits per heavy atom. The fourth-order valence-corrected chi connectivity index (χ4v) is 4.63. The highest BCUT2D eigenvalue weighted by Gasteiger charge is 2.33. The fraction of sp³-hybridized carbons (Fsp3) is 0.350. The fourth-order valence-electron chi connectivity index (χ4n) is 3.36. The van der Waals surface area contributed by atoms with Crippen LogP contribution in [0.1, 0.15) is 12.8 Å². The van der Waals surface area contributed by atoms with Crippen molar-refractivity contribution in [1.29, 1.82) is 0 Å². The van der Waals surface area contributed by atoms with E-state index in [2.05, 4.69) is 10.6 Å². The maximum Gasteiger partial charge on any atom is 0.242 e. The van der Waals surface area contributed by atoms with Crippen LogP contribution in [0, 0.1) is 0 Å². The zero-order valence-corrected chi connectivity index (χ0v) is 17.1. The van der Waals surface area contributed by atoms with Gasteiger partial charge in [-0.15, -0.1) is 11.8 Å². The quantitative estimate of drug-likeness (QED) is 0.705. The van der Waals surface area contributed by atoms with E-state index in [1.807, 2.05) is 36.4 Å². The van der Waals surface area contributed by atoms with Gasteiger partial charge in [0.1, 0.15) is 6.04 Å². The summed E-state index contributed by atoms with van der Waals surface area (Å²) in [5.41, 5.74) is 0. The number of rotatable bonds is 6. The molecule has 2 N–H and O–H groups in total. The number of thioether (sulfide) groups is 1. The third-order valence-electron chi connectivity index (χ3n) is 4.73. The summed E-state index contributed by atoms with van der Waals surface area (Å²) in [5.74, 6) is -0.465. The predicted octanol–water partition coefficient (Wildman–Crippen LogP) is 2.44. The maximum atomic E-state index is 12.4. The van der Waals surface area contributed by atoms with Crippen LogP contribution < -0.4 is 10.6 Å². The number of likely N-dealkylation sites (tertiary alicyclic amines) is 1. The van der Waals surface area contributed by atoms with Gasteiger partial charge in [-0.1, -0.05) is 35.9 Å². The van der Waals surface area contributed by atoms with E-state index in [9.17, 15) is 14.4 Å². The number of halogens is 1.